The van der Waals surface area contributed by atoms with Gasteiger partial charge in [0.2, 0.25) is 0 Å². The first-order chi connectivity index (χ1) is 9.33. The average molecular weight is 287 g/mol. The van der Waals surface area contributed by atoms with Crippen molar-refractivity contribution in [3.05, 3.63) is 35.2 Å². The van der Waals surface area contributed by atoms with Gasteiger partial charge in [-0.05, 0) is 25.0 Å². The van der Waals surface area contributed by atoms with Crippen LogP contribution in [0, 0.1) is 0 Å². The summed E-state index contributed by atoms with van der Waals surface area (Å²) in [5.74, 6) is 0.218. The van der Waals surface area contributed by atoms with Crippen molar-refractivity contribution in [3.8, 4) is 0 Å². The van der Waals surface area contributed by atoms with Gasteiger partial charge >= 0.3 is 0 Å². The highest BCUT2D eigenvalue weighted by atomic mass is 32.1. The van der Waals surface area contributed by atoms with Crippen molar-refractivity contribution < 1.29 is 4.79 Å². The van der Waals surface area contributed by atoms with Crippen molar-refractivity contribution in [3.63, 3.8) is 0 Å². The summed E-state index contributed by atoms with van der Waals surface area (Å²) < 4.78 is 3.82. The number of rotatable bonds is 1. The molecule has 0 spiro atoms. The van der Waals surface area contributed by atoms with Gasteiger partial charge in [-0.25, -0.2) is 0 Å². The van der Waals surface area contributed by atoms with E-state index >= 15 is 0 Å². The van der Waals surface area contributed by atoms with E-state index in [1.807, 2.05) is 4.90 Å². The Labute approximate surface area is 119 Å². The number of carbonyl (C=O) groups is 1. The second-order valence-electron chi connectivity index (χ2n) is 4.90. The average Bonchev–Trinajstić information content (AvgIpc) is 3.13. The van der Waals surface area contributed by atoms with E-state index in [1.165, 1.54) is 19.5 Å². The van der Waals surface area contributed by atoms with Crippen LogP contribution in [0.25, 0.3) is 19.5 Å². The first-order valence-corrected chi connectivity index (χ1v) is 8.16. The quantitative estimate of drug-likeness (QED) is 0.651. The predicted molar refractivity (Wildman–Crippen MR) is 82.3 cm³/mol. The minimum Gasteiger partial charge on any atom is -0.338 e. The summed E-state index contributed by atoms with van der Waals surface area (Å²) in [6, 6.07) is 10.5. The summed E-state index contributed by atoms with van der Waals surface area (Å²) in [6.07, 6.45) is 2.29. The van der Waals surface area contributed by atoms with E-state index < -0.39 is 0 Å². The summed E-state index contributed by atoms with van der Waals surface area (Å²) in [4.78, 5) is 15.3. The maximum Gasteiger partial charge on any atom is 0.263 e. The van der Waals surface area contributed by atoms with E-state index in [-0.39, 0.29) is 5.91 Å². The highest BCUT2D eigenvalue weighted by Gasteiger charge is 2.22. The summed E-state index contributed by atoms with van der Waals surface area (Å²) in [6.45, 7) is 1.84. The van der Waals surface area contributed by atoms with Gasteiger partial charge in [0, 0.05) is 27.9 Å². The van der Waals surface area contributed by atoms with E-state index in [4.69, 9.17) is 0 Å². The van der Waals surface area contributed by atoms with E-state index in [9.17, 15) is 4.79 Å². The maximum absolute atomic E-state index is 12.4. The molecule has 0 unspecified atom stereocenters. The van der Waals surface area contributed by atoms with Crippen LogP contribution in [0.5, 0.6) is 0 Å². The Bertz CT molecular complexity index is 765. The van der Waals surface area contributed by atoms with Crippen molar-refractivity contribution in [2.24, 2.45) is 0 Å². The monoisotopic (exact) mass is 287 g/mol. The zero-order valence-corrected chi connectivity index (χ0v) is 12.0. The molecule has 2 nitrogen and oxygen atoms in total. The number of thiophene rings is 2. The Morgan fingerprint density at radius 2 is 1.84 bits per heavy atom. The molecule has 3 aromatic rings. The van der Waals surface area contributed by atoms with Crippen LogP contribution < -0.4 is 0 Å². The van der Waals surface area contributed by atoms with Crippen LogP contribution in [0.1, 0.15) is 22.5 Å². The van der Waals surface area contributed by atoms with Gasteiger partial charge in [-0.1, -0.05) is 18.2 Å². The summed E-state index contributed by atoms with van der Waals surface area (Å²) in [5, 5.41) is 1.29. The number of nitrogens with zero attached hydrogens (tertiary/aromatic N) is 1. The van der Waals surface area contributed by atoms with Crippen LogP contribution in [-0.2, 0) is 0 Å². The third-order valence-electron chi connectivity index (χ3n) is 3.65. The Morgan fingerprint density at radius 1 is 1.05 bits per heavy atom. The zero-order valence-electron chi connectivity index (χ0n) is 10.4. The Balaban J connectivity index is 1.81. The van der Waals surface area contributed by atoms with Crippen LogP contribution in [0.3, 0.4) is 0 Å². The molecule has 1 aliphatic rings. The zero-order chi connectivity index (χ0) is 12.8. The van der Waals surface area contributed by atoms with Crippen molar-refractivity contribution in [1.82, 2.24) is 4.90 Å². The molecule has 1 saturated heterocycles. The Kier molecular flexibility index (Phi) is 2.60. The van der Waals surface area contributed by atoms with E-state index in [2.05, 4.69) is 30.3 Å². The molecule has 3 heterocycles. The molecule has 1 fully saturated rings. The SMILES string of the molecule is O=C(c1cc2sc3ccccc3c2s1)N1CCCC1. The summed E-state index contributed by atoms with van der Waals surface area (Å²) in [5.41, 5.74) is 0. The van der Waals surface area contributed by atoms with Gasteiger partial charge in [0.05, 0.1) is 9.58 Å². The number of hydrogen-bond acceptors (Lipinski definition) is 3. The number of benzene rings is 1. The molecule has 19 heavy (non-hydrogen) atoms. The molecule has 0 radical (unpaired) electrons. The van der Waals surface area contributed by atoms with Gasteiger partial charge in [-0.15, -0.1) is 22.7 Å². The molecular formula is C15H13NOS2. The smallest absolute Gasteiger partial charge is 0.263 e. The number of carbonyl (C=O) groups excluding carboxylic acids is 1. The Hall–Kier alpha value is -1.39. The standard InChI is InChI=1S/C15H13NOS2/c17-15(16-7-3-4-8-16)13-9-12-14(19-13)10-5-1-2-6-11(10)18-12/h1-2,5-6,9H,3-4,7-8H2. The second-order valence-corrected chi connectivity index (χ2v) is 7.04. The molecule has 4 heteroatoms. The number of likely N-dealkylation sites (tertiary alicyclic amines) is 1. The number of fused-ring (bicyclic) bond motifs is 3. The van der Waals surface area contributed by atoms with Gasteiger partial charge in [0.15, 0.2) is 0 Å². The van der Waals surface area contributed by atoms with Crippen molar-refractivity contribution >= 4 is 48.1 Å². The largest absolute Gasteiger partial charge is 0.338 e. The third kappa shape index (κ3) is 1.78. The first kappa shape index (κ1) is 11.4. The molecular weight excluding hydrogens is 274 g/mol. The summed E-state index contributed by atoms with van der Waals surface area (Å²) >= 11 is 3.43. The van der Waals surface area contributed by atoms with Gasteiger partial charge in [-0.2, -0.15) is 0 Å². The molecule has 0 saturated carbocycles. The second kappa shape index (κ2) is 4.32. The lowest BCUT2D eigenvalue weighted by molar-refractivity contribution is 0.0797. The number of hydrogen-bond donors (Lipinski definition) is 0. The lowest BCUT2D eigenvalue weighted by atomic mass is 10.2. The molecule has 1 amide bonds. The Morgan fingerprint density at radius 3 is 2.68 bits per heavy atom. The maximum atomic E-state index is 12.4. The van der Waals surface area contributed by atoms with Gasteiger partial charge < -0.3 is 4.90 Å². The molecule has 0 bridgehead atoms. The molecule has 1 aliphatic heterocycles. The molecule has 0 N–H and O–H groups in total. The van der Waals surface area contributed by atoms with Gasteiger partial charge in [0.1, 0.15) is 0 Å². The number of amides is 1. The minimum absolute atomic E-state index is 0.218. The molecule has 1 aromatic carbocycles. The third-order valence-corrected chi connectivity index (χ3v) is 6.06. The summed E-state index contributed by atoms with van der Waals surface area (Å²) in [7, 11) is 0. The lowest BCUT2D eigenvalue weighted by Crippen LogP contribution is -2.26. The molecule has 0 aliphatic carbocycles. The van der Waals surface area contributed by atoms with Crippen LogP contribution in [-0.4, -0.2) is 23.9 Å². The van der Waals surface area contributed by atoms with Gasteiger partial charge in [0.25, 0.3) is 5.91 Å². The molecule has 2 aromatic heterocycles. The van der Waals surface area contributed by atoms with E-state index in [0.717, 1.165) is 30.8 Å². The highest BCUT2D eigenvalue weighted by molar-refractivity contribution is 7.33. The topological polar surface area (TPSA) is 20.3 Å². The van der Waals surface area contributed by atoms with E-state index in [0.29, 0.717) is 0 Å². The fourth-order valence-corrected chi connectivity index (χ4v) is 5.17. The highest BCUT2D eigenvalue weighted by Crippen LogP contribution is 2.39. The lowest BCUT2D eigenvalue weighted by Gasteiger charge is -2.13. The normalized spacial score (nSPS) is 15.7. The molecule has 4 rings (SSSR count). The van der Waals surface area contributed by atoms with Gasteiger partial charge in [-0.3, -0.25) is 4.79 Å². The van der Waals surface area contributed by atoms with Crippen molar-refractivity contribution in [2.75, 3.05) is 13.1 Å². The van der Waals surface area contributed by atoms with Crippen LogP contribution in [0.15, 0.2) is 30.3 Å². The van der Waals surface area contributed by atoms with E-state index in [1.54, 1.807) is 22.7 Å². The van der Waals surface area contributed by atoms with Crippen LogP contribution >= 0.6 is 22.7 Å². The van der Waals surface area contributed by atoms with Crippen molar-refractivity contribution in [2.45, 2.75) is 12.8 Å². The van der Waals surface area contributed by atoms with Crippen LogP contribution in [0.2, 0.25) is 0 Å². The minimum atomic E-state index is 0.218. The predicted octanol–water partition coefficient (Wildman–Crippen LogP) is 4.35. The van der Waals surface area contributed by atoms with Crippen molar-refractivity contribution in [1.29, 1.82) is 0 Å². The fourth-order valence-electron chi connectivity index (χ4n) is 2.68. The molecule has 0 atom stereocenters. The van der Waals surface area contributed by atoms with Crippen LogP contribution in [0.4, 0.5) is 0 Å². The molecule has 96 valence electrons. The first-order valence-electron chi connectivity index (χ1n) is 6.53. The fraction of sp³-hybridized carbons (Fsp3) is 0.267.